The lowest BCUT2D eigenvalue weighted by Gasteiger charge is -2.20. The number of benzene rings is 1. The molecule has 9 nitrogen and oxygen atoms in total. The molecule has 9 N–H and O–H groups in total. The third kappa shape index (κ3) is 9.22. The number of nitrogens with two attached hydrogens (primary N) is 2. The van der Waals surface area contributed by atoms with Crippen LogP contribution in [0.4, 0.5) is 0 Å². The number of rotatable bonds is 9. The summed E-state index contributed by atoms with van der Waals surface area (Å²) < 4.78 is 6.96. The quantitative estimate of drug-likeness (QED) is 0.341. The Morgan fingerprint density at radius 3 is 2.48 bits per heavy atom. The highest BCUT2D eigenvalue weighted by molar-refractivity contribution is 5.86. The summed E-state index contributed by atoms with van der Waals surface area (Å²) in [5.74, 6) is -2.71. The molecular weight excluding hydrogens is 374 g/mol. The van der Waals surface area contributed by atoms with Crippen LogP contribution in [-0.2, 0) is 20.8 Å². The lowest BCUT2D eigenvalue weighted by atomic mass is 10.0. The van der Waals surface area contributed by atoms with Crippen molar-refractivity contribution in [2.45, 2.75) is 57.7 Å². The number of primary amides is 1. The third-order valence-electron chi connectivity index (χ3n) is 3.72. The van der Waals surface area contributed by atoms with Gasteiger partial charge in [-0.05, 0) is 38.8 Å². The van der Waals surface area contributed by atoms with Crippen molar-refractivity contribution in [2.75, 3.05) is 0 Å². The van der Waals surface area contributed by atoms with Crippen LogP contribution in [0.3, 0.4) is 0 Å². The summed E-state index contributed by atoms with van der Waals surface area (Å²) in [6.07, 6.45) is 1.61. The summed E-state index contributed by atoms with van der Waals surface area (Å²) >= 11 is 0. The minimum Gasteiger partial charge on any atom is -0.548 e. The fraction of sp³-hybridized carbons (Fsp3) is 0.450. The number of aliphatic carboxylic acids is 1. The van der Waals surface area contributed by atoms with E-state index in [1.807, 2.05) is 30.0 Å². The maximum atomic E-state index is 11.9. The number of para-hydroxylation sites is 1. The van der Waals surface area contributed by atoms with Crippen LogP contribution in [-0.4, -0.2) is 40.4 Å². The Morgan fingerprint density at radius 2 is 1.93 bits per heavy atom. The van der Waals surface area contributed by atoms with Crippen LogP contribution in [0.2, 0.25) is 1.41 Å². The van der Waals surface area contributed by atoms with Gasteiger partial charge >= 0.3 is 0 Å². The van der Waals surface area contributed by atoms with Crippen molar-refractivity contribution in [3.05, 3.63) is 36.0 Å². The van der Waals surface area contributed by atoms with E-state index in [1.165, 1.54) is 0 Å². The number of aromatic amines is 1. The zero-order valence-corrected chi connectivity index (χ0v) is 17.1. The molecule has 0 spiro atoms. The van der Waals surface area contributed by atoms with E-state index in [2.05, 4.69) is 36.8 Å². The predicted octanol–water partition coefficient (Wildman–Crippen LogP) is -1.44. The minimum absolute atomic E-state index is 0.00246. The smallest absolute Gasteiger partial charge is 0.234 e. The molecule has 0 fully saturated rings. The first-order valence-electron chi connectivity index (χ1n) is 9.79. The molecule has 2 atom stereocenters. The molecule has 29 heavy (non-hydrogen) atoms. The summed E-state index contributed by atoms with van der Waals surface area (Å²) in [5, 5.41) is 14.6. The molecule has 1 aromatic heterocycles. The topological polar surface area (TPSA) is 182 Å². The van der Waals surface area contributed by atoms with E-state index in [4.69, 9.17) is 7.15 Å². The third-order valence-corrected chi connectivity index (χ3v) is 3.72. The van der Waals surface area contributed by atoms with Crippen LogP contribution in [0.25, 0.3) is 10.9 Å². The van der Waals surface area contributed by atoms with Crippen LogP contribution in [0.15, 0.2) is 30.5 Å². The molecule has 2 aromatic rings. The van der Waals surface area contributed by atoms with Gasteiger partial charge in [0.15, 0.2) is 0 Å². The highest BCUT2D eigenvalue weighted by Gasteiger charge is 2.18. The van der Waals surface area contributed by atoms with Crippen molar-refractivity contribution >= 4 is 28.7 Å². The molecule has 1 aromatic carbocycles. The monoisotopic (exact) mass is 406 g/mol. The highest BCUT2D eigenvalue weighted by Crippen LogP contribution is 2.19. The summed E-state index contributed by atoms with van der Waals surface area (Å²) in [6.45, 7) is 6.23. The number of carbonyl (C=O) groups excluding carboxylic acids is 3. The van der Waals surface area contributed by atoms with Crippen LogP contribution < -0.4 is 27.6 Å². The SMILES string of the molecule is CC(C)(C)[NH3+].[2H]N[C@H](CCC(=O)N[C@@H](Cc1c[nH]c2ccccc12)C(=O)[O-])C(N)=O. The van der Waals surface area contributed by atoms with E-state index in [1.54, 1.807) is 6.20 Å². The Morgan fingerprint density at radius 1 is 1.31 bits per heavy atom. The Balaban J connectivity index is 0.000000804. The molecule has 0 unspecified atom stereocenters. The number of fused-ring (bicyclic) bond motifs is 1. The molecule has 0 aliphatic heterocycles. The van der Waals surface area contributed by atoms with Crippen LogP contribution in [0.1, 0.15) is 39.2 Å². The second-order valence-electron chi connectivity index (χ2n) is 8.06. The Labute approximate surface area is 171 Å². The Hall–Kier alpha value is -2.91. The van der Waals surface area contributed by atoms with Crippen molar-refractivity contribution in [3.8, 4) is 0 Å². The van der Waals surface area contributed by atoms with E-state index in [0.29, 0.717) is 0 Å². The molecule has 0 aliphatic carbocycles. The first-order valence-corrected chi connectivity index (χ1v) is 9.29. The van der Waals surface area contributed by atoms with E-state index < -0.39 is 29.9 Å². The number of quaternary nitrogens is 1. The molecule has 0 aliphatic rings. The van der Waals surface area contributed by atoms with Gasteiger partial charge in [0.05, 0.1) is 23.6 Å². The molecule has 0 saturated carbocycles. The standard InChI is InChI=1S/C16H20N4O4.C4H11N/c17-11(15(18)22)5-6-14(21)20-13(16(23)24)7-9-8-19-12-4-2-1-3-10(9)12;1-4(2,3)5/h1-4,8,11,13,19H,5-7,17H2,(H2,18,22)(H,20,21)(H,23,24);5H2,1-3H3/t11-,13+;/m1./s1/i/hD. The van der Waals surface area contributed by atoms with Crippen LogP contribution in [0, 0.1) is 0 Å². The average molecular weight is 407 g/mol. The summed E-state index contributed by atoms with van der Waals surface area (Å²) in [5.41, 5.74) is 12.6. The zero-order valence-electron chi connectivity index (χ0n) is 18.1. The van der Waals surface area contributed by atoms with Crippen molar-refractivity contribution < 1.29 is 26.6 Å². The number of carboxylic acids is 1. The van der Waals surface area contributed by atoms with Gasteiger partial charge in [-0.15, -0.1) is 0 Å². The number of nitrogens with one attached hydrogen (secondary N) is 2. The van der Waals surface area contributed by atoms with Gasteiger partial charge in [0.2, 0.25) is 11.8 Å². The predicted molar refractivity (Wildman–Crippen MR) is 108 cm³/mol. The number of amides is 2. The molecule has 1 heterocycles. The lowest BCUT2D eigenvalue weighted by molar-refractivity contribution is -0.458. The fourth-order valence-corrected chi connectivity index (χ4v) is 2.40. The number of carbonyl (C=O) groups is 3. The summed E-state index contributed by atoms with van der Waals surface area (Å²) in [6, 6.07) is 5.24. The minimum atomic E-state index is -1.40. The summed E-state index contributed by atoms with van der Waals surface area (Å²) in [7, 11) is 0. The number of aromatic nitrogens is 1. The highest BCUT2D eigenvalue weighted by atomic mass is 16.4. The largest absolute Gasteiger partial charge is 0.548 e. The van der Waals surface area contributed by atoms with Gasteiger partial charge in [-0.3, -0.25) is 9.59 Å². The number of hydrogen-bond acceptors (Lipinski definition) is 5. The number of hydrogen-bond donors (Lipinski definition) is 5. The first-order chi connectivity index (χ1) is 13.9. The Bertz CT molecular complexity index is 856. The van der Waals surface area contributed by atoms with Gasteiger partial charge in [0, 0.05) is 29.9 Å². The van der Waals surface area contributed by atoms with Gasteiger partial charge in [-0.1, -0.05) is 18.2 Å². The lowest BCUT2D eigenvalue weighted by Crippen LogP contribution is -2.67. The average Bonchev–Trinajstić information content (AvgIpc) is 3.03. The van der Waals surface area contributed by atoms with Gasteiger partial charge in [-0.2, -0.15) is 0 Å². The van der Waals surface area contributed by atoms with E-state index in [-0.39, 0.29) is 24.8 Å². The Kier molecular flexibility index (Phi) is 8.17. The van der Waals surface area contributed by atoms with Crippen molar-refractivity contribution in [1.82, 2.24) is 10.3 Å². The molecule has 0 saturated heterocycles. The fourth-order valence-electron chi connectivity index (χ4n) is 2.40. The molecule has 0 radical (unpaired) electrons. The molecule has 2 amide bonds. The van der Waals surface area contributed by atoms with Gasteiger partial charge in [0.25, 0.3) is 0 Å². The van der Waals surface area contributed by atoms with Gasteiger partial charge in [0.1, 0.15) is 1.41 Å². The van der Waals surface area contributed by atoms with Gasteiger partial charge in [-0.25, -0.2) is 0 Å². The zero-order chi connectivity index (χ0) is 22.9. The van der Waals surface area contributed by atoms with Crippen molar-refractivity contribution in [3.63, 3.8) is 0 Å². The maximum absolute atomic E-state index is 11.9. The summed E-state index contributed by atoms with van der Waals surface area (Å²) in [4.78, 5) is 37.3. The second kappa shape index (κ2) is 10.6. The first kappa shape index (κ1) is 22.4. The number of carboxylic acid groups (broad SMARTS) is 1. The molecular formula is C20H31N5O4. The van der Waals surface area contributed by atoms with Crippen LogP contribution in [0.5, 0.6) is 0 Å². The van der Waals surface area contributed by atoms with E-state index in [9.17, 15) is 19.5 Å². The molecule has 0 bridgehead atoms. The van der Waals surface area contributed by atoms with E-state index in [0.717, 1.165) is 16.5 Å². The van der Waals surface area contributed by atoms with Crippen LogP contribution >= 0.6 is 0 Å². The normalized spacial score (nSPS) is 13.6. The van der Waals surface area contributed by atoms with E-state index >= 15 is 0 Å². The molecule has 2 rings (SSSR count). The van der Waals surface area contributed by atoms with Crippen molar-refractivity contribution in [1.29, 1.82) is 0 Å². The van der Waals surface area contributed by atoms with Crippen molar-refractivity contribution in [2.24, 2.45) is 11.5 Å². The second-order valence-corrected chi connectivity index (χ2v) is 8.06. The molecule has 160 valence electrons. The molecule has 9 heteroatoms. The van der Waals surface area contributed by atoms with Gasteiger partial charge < -0.3 is 37.4 Å². The number of H-pyrrole nitrogens is 1. The maximum Gasteiger partial charge on any atom is 0.234 e.